The van der Waals surface area contributed by atoms with E-state index in [4.69, 9.17) is 9.47 Å². The van der Waals surface area contributed by atoms with Crippen molar-refractivity contribution >= 4 is 5.69 Å². The van der Waals surface area contributed by atoms with Gasteiger partial charge in [-0.25, -0.2) is 4.39 Å². The highest BCUT2D eigenvalue weighted by Crippen LogP contribution is 2.21. The van der Waals surface area contributed by atoms with Crippen LogP contribution in [0.2, 0.25) is 0 Å². The van der Waals surface area contributed by atoms with E-state index in [1.54, 1.807) is 19.2 Å². The number of rotatable bonds is 6. The molecule has 3 nitrogen and oxygen atoms in total. The lowest BCUT2D eigenvalue weighted by molar-refractivity contribution is 0.184. The first-order chi connectivity index (χ1) is 9.74. The summed E-state index contributed by atoms with van der Waals surface area (Å²) in [4.78, 5) is 0. The second-order valence-electron chi connectivity index (χ2n) is 4.40. The molecule has 2 aromatic carbocycles. The fourth-order valence-electron chi connectivity index (χ4n) is 2.00. The molecule has 0 atom stereocenters. The van der Waals surface area contributed by atoms with Gasteiger partial charge in [0.05, 0.1) is 13.7 Å². The molecule has 0 heterocycles. The summed E-state index contributed by atoms with van der Waals surface area (Å²) in [7, 11) is 3.12. The number of hydrogen-bond donors (Lipinski definition) is 1. The molecule has 0 saturated heterocycles. The second kappa shape index (κ2) is 6.91. The average Bonchev–Trinajstić information content (AvgIpc) is 2.47. The number of anilines is 1. The Morgan fingerprint density at radius 2 is 1.80 bits per heavy atom. The van der Waals surface area contributed by atoms with E-state index in [0.717, 1.165) is 16.8 Å². The summed E-state index contributed by atoms with van der Waals surface area (Å²) in [6.07, 6.45) is 0. The lowest BCUT2D eigenvalue weighted by Crippen LogP contribution is -2.04. The van der Waals surface area contributed by atoms with Crippen molar-refractivity contribution < 1.29 is 13.9 Å². The van der Waals surface area contributed by atoms with Gasteiger partial charge in [0, 0.05) is 25.4 Å². The molecular weight excluding hydrogens is 257 g/mol. The first kappa shape index (κ1) is 14.3. The SMILES string of the molecule is COCc1ccccc1CNc1ccc(OC)c(F)c1. The van der Waals surface area contributed by atoms with Gasteiger partial charge in [0.1, 0.15) is 0 Å². The Kier molecular flexibility index (Phi) is 4.96. The number of nitrogens with one attached hydrogen (secondary N) is 1. The molecule has 4 heteroatoms. The Labute approximate surface area is 118 Å². The second-order valence-corrected chi connectivity index (χ2v) is 4.40. The molecule has 0 aromatic heterocycles. The van der Waals surface area contributed by atoms with Gasteiger partial charge < -0.3 is 14.8 Å². The zero-order chi connectivity index (χ0) is 14.4. The molecule has 0 aliphatic carbocycles. The molecule has 2 rings (SSSR count). The van der Waals surface area contributed by atoms with Gasteiger partial charge in [-0.2, -0.15) is 0 Å². The minimum atomic E-state index is -0.373. The van der Waals surface area contributed by atoms with E-state index in [2.05, 4.69) is 5.32 Å². The largest absolute Gasteiger partial charge is 0.494 e. The summed E-state index contributed by atoms with van der Waals surface area (Å²) >= 11 is 0. The highest BCUT2D eigenvalue weighted by atomic mass is 19.1. The van der Waals surface area contributed by atoms with Crippen LogP contribution in [0.25, 0.3) is 0 Å². The predicted molar refractivity (Wildman–Crippen MR) is 77.4 cm³/mol. The van der Waals surface area contributed by atoms with E-state index in [1.807, 2.05) is 24.3 Å². The number of ether oxygens (including phenoxy) is 2. The van der Waals surface area contributed by atoms with Crippen LogP contribution in [0, 0.1) is 5.82 Å². The van der Waals surface area contributed by atoms with Crippen molar-refractivity contribution in [1.29, 1.82) is 0 Å². The zero-order valence-electron chi connectivity index (χ0n) is 11.7. The van der Waals surface area contributed by atoms with Crippen LogP contribution >= 0.6 is 0 Å². The molecule has 0 unspecified atom stereocenters. The van der Waals surface area contributed by atoms with E-state index in [0.29, 0.717) is 13.2 Å². The number of halogens is 1. The van der Waals surface area contributed by atoms with Crippen LogP contribution in [0.3, 0.4) is 0 Å². The third-order valence-corrected chi connectivity index (χ3v) is 3.05. The zero-order valence-corrected chi connectivity index (χ0v) is 11.7. The van der Waals surface area contributed by atoms with E-state index < -0.39 is 0 Å². The summed E-state index contributed by atoms with van der Waals surface area (Å²) in [5, 5.41) is 3.20. The van der Waals surface area contributed by atoms with E-state index in [1.165, 1.54) is 13.2 Å². The van der Waals surface area contributed by atoms with E-state index >= 15 is 0 Å². The number of benzene rings is 2. The third kappa shape index (κ3) is 3.48. The van der Waals surface area contributed by atoms with Crippen LogP contribution in [0.5, 0.6) is 5.75 Å². The third-order valence-electron chi connectivity index (χ3n) is 3.05. The van der Waals surface area contributed by atoms with E-state index in [9.17, 15) is 4.39 Å². The quantitative estimate of drug-likeness (QED) is 0.874. The van der Waals surface area contributed by atoms with Gasteiger partial charge >= 0.3 is 0 Å². The van der Waals surface area contributed by atoms with Crippen LogP contribution in [-0.4, -0.2) is 14.2 Å². The molecule has 0 fully saturated rings. The van der Waals surface area contributed by atoms with Gasteiger partial charge in [-0.15, -0.1) is 0 Å². The smallest absolute Gasteiger partial charge is 0.167 e. The van der Waals surface area contributed by atoms with Crippen LogP contribution in [0.4, 0.5) is 10.1 Å². The maximum Gasteiger partial charge on any atom is 0.167 e. The fourth-order valence-corrected chi connectivity index (χ4v) is 2.00. The molecule has 0 radical (unpaired) electrons. The molecule has 2 aromatic rings. The summed E-state index contributed by atoms with van der Waals surface area (Å²) in [5.74, 6) is -0.127. The standard InChI is InChI=1S/C16H18FNO2/c1-19-11-13-6-4-3-5-12(13)10-18-14-7-8-16(20-2)15(17)9-14/h3-9,18H,10-11H2,1-2H3. The summed E-state index contributed by atoms with van der Waals surface area (Å²) in [6.45, 7) is 1.18. The van der Waals surface area contributed by atoms with E-state index in [-0.39, 0.29) is 11.6 Å². The highest BCUT2D eigenvalue weighted by Gasteiger charge is 2.05. The van der Waals surface area contributed by atoms with Crippen molar-refractivity contribution in [2.45, 2.75) is 13.2 Å². The van der Waals surface area contributed by atoms with Crippen LogP contribution in [0.15, 0.2) is 42.5 Å². The Hall–Kier alpha value is -2.07. The highest BCUT2D eigenvalue weighted by molar-refractivity contribution is 5.48. The Morgan fingerprint density at radius 3 is 2.45 bits per heavy atom. The van der Waals surface area contributed by atoms with Crippen LogP contribution in [0.1, 0.15) is 11.1 Å². The topological polar surface area (TPSA) is 30.5 Å². The first-order valence-electron chi connectivity index (χ1n) is 6.37. The Morgan fingerprint density at radius 1 is 1.05 bits per heavy atom. The van der Waals surface area contributed by atoms with Gasteiger partial charge in [-0.1, -0.05) is 24.3 Å². The Bertz CT molecular complexity index is 572. The van der Waals surface area contributed by atoms with Gasteiger partial charge in [-0.3, -0.25) is 0 Å². The lowest BCUT2D eigenvalue weighted by atomic mass is 10.1. The molecule has 0 amide bonds. The number of methoxy groups -OCH3 is 2. The summed E-state index contributed by atoms with van der Waals surface area (Å²) in [5.41, 5.74) is 2.97. The molecule has 0 bridgehead atoms. The number of hydrogen-bond acceptors (Lipinski definition) is 3. The normalized spacial score (nSPS) is 10.3. The molecule has 106 valence electrons. The van der Waals surface area contributed by atoms with Gasteiger partial charge in [0.25, 0.3) is 0 Å². The van der Waals surface area contributed by atoms with Gasteiger partial charge in [-0.05, 0) is 23.3 Å². The van der Waals surface area contributed by atoms with Crippen LogP contribution in [-0.2, 0) is 17.9 Å². The van der Waals surface area contributed by atoms with Crippen molar-refractivity contribution in [2.75, 3.05) is 19.5 Å². The molecule has 0 saturated carbocycles. The molecule has 20 heavy (non-hydrogen) atoms. The minimum absolute atomic E-state index is 0.246. The molecule has 0 aliphatic heterocycles. The van der Waals surface area contributed by atoms with Crippen molar-refractivity contribution in [2.24, 2.45) is 0 Å². The first-order valence-corrected chi connectivity index (χ1v) is 6.37. The van der Waals surface area contributed by atoms with Crippen LogP contribution < -0.4 is 10.1 Å². The van der Waals surface area contributed by atoms with Crippen molar-refractivity contribution in [3.05, 3.63) is 59.4 Å². The van der Waals surface area contributed by atoms with Crippen molar-refractivity contribution in [3.63, 3.8) is 0 Å². The molecular formula is C16H18FNO2. The average molecular weight is 275 g/mol. The predicted octanol–water partition coefficient (Wildman–Crippen LogP) is 3.59. The molecule has 1 N–H and O–H groups in total. The maximum absolute atomic E-state index is 13.6. The van der Waals surface area contributed by atoms with Crippen molar-refractivity contribution in [3.8, 4) is 5.75 Å². The molecule has 0 spiro atoms. The maximum atomic E-state index is 13.6. The molecule has 0 aliphatic rings. The fraction of sp³-hybridized carbons (Fsp3) is 0.250. The van der Waals surface area contributed by atoms with Gasteiger partial charge in [0.2, 0.25) is 0 Å². The van der Waals surface area contributed by atoms with Crippen molar-refractivity contribution in [1.82, 2.24) is 0 Å². The van der Waals surface area contributed by atoms with Gasteiger partial charge in [0.15, 0.2) is 11.6 Å². The Balaban J connectivity index is 2.07. The summed E-state index contributed by atoms with van der Waals surface area (Å²) in [6, 6.07) is 12.8. The minimum Gasteiger partial charge on any atom is -0.494 e. The lowest BCUT2D eigenvalue weighted by Gasteiger charge is -2.11. The summed E-state index contributed by atoms with van der Waals surface area (Å²) < 4.78 is 23.7. The monoisotopic (exact) mass is 275 g/mol.